The summed E-state index contributed by atoms with van der Waals surface area (Å²) in [6.45, 7) is 4.97. The summed E-state index contributed by atoms with van der Waals surface area (Å²) in [5, 5.41) is 0. The molecule has 28 heavy (non-hydrogen) atoms. The predicted molar refractivity (Wildman–Crippen MR) is 109 cm³/mol. The number of carbonyl (C=O) groups is 1. The smallest absolute Gasteiger partial charge is 0.337 e. The van der Waals surface area contributed by atoms with Crippen molar-refractivity contribution in [2.75, 3.05) is 7.11 Å². The van der Waals surface area contributed by atoms with Crippen molar-refractivity contribution in [3.8, 4) is 11.5 Å². The molecule has 0 aliphatic rings. The number of aryl methyl sites for hydroxylation is 2. The first-order chi connectivity index (χ1) is 13.5. The summed E-state index contributed by atoms with van der Waals surface area (Å²) in [4.78, 5) is 11.6. The molecule has 0 N–H and O–H groups in total. The molecule has 4 nitrogen and oxygen atoms in total. The quantitative estimate of drug-likeness (QED) is 0.529. The number of carbonyl (C=O) groups excluding carboxylic acids is 1. The van der Waals surface area contributed by atoms with Gasteiger partial charge in [-0.25, -0.2) is 4.79 Å². The van der Waals surface area contributed by atoms with Crippen LogP contribution in [0.2, 0.25) is 0 Å². The summed E-state index contributed by atoms with van der Waals surface area (Å²) in [5.41, 5.74) is 4.79. The highest BCUT2D eigenvalue weighted by Crippen LogP contribution is 2.25. The number of methoxy groups -OCH3 is 1. The van der Waals surface area contributed by atoms with Crippen LogP contribution in [0.25, 0.3) is 0 Å². The molecule has 3 rings (SSSR count). The van der Waals surface area contributed by atoms with E-state index in [2.05, 4.69) is 25.1 Å². The third kappa shape index (κ3) is 5.13. The van der Waals surface area contributed by atoms with E-state index in [1.54, 1.807) is 12.1 Å². The first-order valence-corrected chi connectivity index (χ1v) is 9.14. The Labute approximate surface area is 165 Å². The number of hydrogen-bond acceptors (Lipinski definition) is 4. The molecule has 0 bridgehead atoms. The number of rotatable bonds is 7. The summed E-state index contributed by atoms with van der Waals surface area (Å²) in [5.74, 6) is 1.23. The van der Waals surface area contributed by atoms with Gasteiger partial charge in [0.25, 0.3) is 0 Å². The van der Waals surface area contributed by atoms with Crippen molar-refractivity contribution in [2.45, 2.75) is 27.1 Å². The van der Waals surface area contributed by atoms with Crippen LogP contribution in [0.1, 0.15) is 32.6 Å². The van der Waals surface area contributed by atoms with E-state index in [-0.39, 0.29) is 5.97 Å². The van der Waals surface area contributed by atoms with Gasteiger partial charge in [-0.2, -0.15) is 0 Å². The van der Waals surface area contributed by atoms with Gasteiger partial charge in [0, 0.05) is 0 Å². The molecule has 0 saturated heterocycles. The molecule has 144 valence electrons. The molecule has 0 radical (unpaired) electrons. The van der Waals surface area contributed by atoms with Crippen LogP contribution in [0.15, 0.2) is 66.7 Å². The van der Waals surface area contributed by atoms with Crippen LogP contribution in [0.5, 0.6) is 11.5 Å². The molecule has 0 unspecified atom stereocenters. The van der Waals surface area contributed by atoms with Gasteiger partial charge in [-0.15, -0.1) is 0 Å². The second kappa shape index (κ2) is 9.09. The first kappa shape index (κ1) is 19.5. The van der Waals surface area contributed by atoms with Crippen molar-refractivity contribution in [1.82, 2.24) is 0 Å². The Balaban J connectivity index is 1.60. The molecule has 0 spiro atoms. The molecule has 4 heteroatoms. The van der Waals surface area contributed by atoms with E-state index >= 15 is 0 Å². The maximum Gasteiger partial charge on any atom is 0.337 e. The van der Waals surface area contributed by atoms with Gasteiger partial charge in [-0.05, 0) is 60.9 Å². The Morgan fingerprint density at radius 2 is 1.54 bits per heavy atom. The lowest BCUT2D eigenvalue weighted by Gasteiger charge is -2.12. The lowest BCUT2D eigenvalue weighted by atomic mass is 10.1. The monoisotopic (exact) mass is 376 g/mol. The highest BCUT2D eigenvalue weighted by Gasteiger charge is 2.07. The van der Waals surface area contributed by atoms with E-state index in [1.165, 1.54) is 12.7 Å². The Bertz CT molecular complexity index is 962. The molecule has 0 aliphatic carbocycles. The number of esters is 1. The van der Waals surface area contributed by atoms with Crippen molar-refractivity contribution in [2.24, 2.45) is 0 Å². The number of benzene rings is 3. The van der Waals surface area contributed by atoms with Crippen molar-refractivity contribution in [3.63, 3.8) is 0 Å². The molecule has 0 aliphatic heterocycles. The van der Waals surface area contributed by atoms with Crippen LogP contribution in [0.4, 0.5) is 0 Å². The van der Waals surface area contributed by atoms with Crippen LogP contribution in [-0.4, -0.2) is 13.1 Å². The fourth-order valence-corrected chi connectivity index (χ4v) is 2.91. The minimum absolute atomic E-state index is 0.354. The number of hydrogen-bond donors (Lipinski definition) is 0. The first-order valence-electron chi connectivity index (χ1n) is 9.14. The van der Waals surface area contributed by atoms with Crippen molar-refractivity contribution in [3.05, 3.63) is 94.5 Å². The molecule has 3 aromatic carbocycles. The van der Waals surface area contributed by atoms with Crippen LogP contribution < -0.4 is 9.47 Å². The fourth-order valence-electron chi connectivity index (χ4n) is 2.91. The second-order valence-electron chi connectivity index (χ2n) is 6.69. The minimum Gasteiger partial charge on any atom is -0.489 e. The van der Waals surface area contributed by atoms with Crippen LogP contribution in [0.3, 0.4) is 0 Å². The largest absolute Gasteiger partial charge is 0.489 e. The molecular formula is C24H24O4. The van der Waals surface area contributed by atoms with E-state index in [9.17, 15) is 4.79 Å². The predicted octanol–water partition coefficient (Wildman–Crippen LogP) is 5.25. The Kier molecular flexibility index (Phi) is 6.33. The van der Waals surface area contributed by atoms with E-state index in [0.717, 1.165) is 28.2 Å². The van der Waals surface area contributed by atoms with Gasteiger partial charge in [0.2, 0.25) is 0 Å². The summed E-state index contributed by atoms with van der Waals surface area (Å²) in [6, 6.07) is 21.3. The van der Waals surface area contributed by atoms with Gasteiger partial charge in [0.15, 0.2) is 0 Å². The number of ether oxygens (including phenoxy) is 3. The third-order valence-corrected chi connectivity index (χ3v) is 4.38. The van der Waals surface area contributed by atoms with E-state index in [4.69, 9.17) is 14.2 Å². The van der Waals surface area contributed by atoms with E-state index < -0.39 is 0 Å². The van der Waals surface area contributed by atoms with Gasteiger partial charge < -0.3 is 14.2 Å². The maximum atomic E-state index is 11.6. The highest BCUT2D eigenvalue weighted by atomic mass is 16.5. The Hall–Kier alpha value is -3.27. The molecule has 0 fully saturated rings. The summed E-state index contributed by atoms with van der Waals surface area (Å²) >= 11 is 0. The standard InChI is InChI=1S/C24H24O4/c1-17-6-4-7-19(12-17)16-28-23-11-10-22(13-18(23)2)27-15-20-8-5-9-21(14-20)24(25)26-3/h4-14H,15-16H2,1-3H3. The van der Waals surface area contributed by atoms with Crippen LogP contribution in [0, 0.1) is 13.8 Å². The zero-order chi connectivity index (χ0) is 19.9. The van der Waals surface area contributed by atoms with Gasteiger partial charge in [0.05, 0.1) is 12.7 Å². The van der Waals surface area contributed by atoms with E-state index in [1.807, 2.05) is 43.3 Å². The van der Waals surface area contributed by atoms with Crippen LogP contribution in [-0.2, 0) is 18.0 Å². The molecule has 3 aromatic rings. The second-order valence-corrected chi connectivity index (χ2v) is 6.69. The van der Waals surface area contributed by atoms with Crippen molar-refractivity contribution < 1.29 is 19.0 Å². The summed E-state index contributed by atoms with van der Waals surface area (Å²) in [7, 11) is 1.37. The van der Waals surface area contributed by atoms with Crippen molar-refractivity contribution >= 4 is 5.97 Å². The maximum absolute atomic E-state index is 11.6. The highest BCUT2D eigenvalue weighted by molar-refractivity contribution is 5.89. The molecule has 0 amide bonds. The average molecular weight is 376 g/mol. The minimum atomic E-state index is -0.354. The Morgan fingerprint density at radius 1 is 0.821 bits per heavy atom. The van der Waals surface area contributed by atoms with Crippen molar-refractivity contribution in [1.29, 1.82) is 0 Å². The van der Waals surface area contributed by atoms with Crippen LogP contribution >= 0.6 is 0 Å². The zero-order valence-corrected chi connectivity index (χ0v) is 16.4. The molecule has 0 saturated carbocycles. The fraction of sp³-hybridized carbons (Fsp3) is 0.208. The third-order valence-electron chi connectivity index (χ3n) is 4.38. The average Bonchev–Trinajstić information content (AvgIpc) is 2.71. The van der Waals surface area contributed by atoms with Gasteiger partial charge in [-0.3, -0.25) is 0 Å². The van der Waals surface area contributed by atoms with E-state index in [0.29, 0.717) is 18.8 Å². The lowest BCUT2D eigenvalue weighted by Crippen LogP contribution is -2.03. The summed E-state index contributed by atoms with van der Waals surface area (Å²) in [6.07, 6.45) is 0. The molecule has 0 aromatic heterocycles. The lowest BCUT2D eigenvalue weighted by molar-refractivity contribution is 0.0600. The van der Waals surface area contributed by atoms with Gasteiger partial charge in [-0.1, -0.05) is 42.0 Å². The topological polar surface area (TPSA) is 44.8 Å². The SMILES string of the molecule is COC(=O)c1cccc(COc2ccc(OCc3cccc(C)c3)c(C)c2)c1. The summed E-state index contributed by atoms with van der Waals surface area (Å²) < 4.78 is 16.6. The molecule has 0 heterocycles. The van der Waals surface area contributed by atoms with Gasteiger partial charge >= 0.3 is 5.97 Å². The molecular weight excluding hydrogens is 352 g/mol. The van der Waals surface area contributed by atoms with Gasteiger partial charge in [0.1, 0.15) is 24.7 Å². The molecule has 0 atom stereocenters. The zero-order valence-electron chi connectivity index (χ0n) is 16.4. The Morgan fingerprint density at radius 3 is 2.25 bits per heavy atom. The normalized spacial score (nSPS) is 10.4.